The van der Waals surface area contributed by atoms with E-state index in [2.05, 4.69) is 23.7 Å². The first-order valence-corrected chi connectivity index (χ1v) is 11.1. The molecule has 0 saturated heterocycles. The third-order valence-corrected chi connectivity index (χ3v) is 6.12. The quantitative estimate of drug-likeness (QED) is 0.433. The fourth-order valence-corrected chi connectivity index (χ4v) is 4.23. The van der Waals surface area contributed by atoms with Crippen molar-refractivity contribution in [3.05, 3.63) is 76.5 Å². The van der Waals surface area contributed by atoms with Crippen LogP contribution in [0.5, 0.6) is 11.5 Å². The van der Waals surface area contributed by atoms with Crippen LogP contribution in [0.4, 0.5) is 0 Å². The van der Waals surface area contributed by atoms with E-state index in [-0.39, 0.29) is 17.7 Å². The van der Waals surface area contributed by atoms with Crippen LogP contribution in [0.3, 0.4) is 0 Å². The first kappa shape index (κ1) is 22.0. The lowest BCUT2D eigenvalue weighted by molar-refractivity contribution is 0.0741. The first-order valence-electron chi connectivity index (χ1n) is 10.7. The fraction of sp³-hybridized carbons (Fsp3) is 0.280. The number of halogens is 1. The maximum absolute atomic E-state index is 13.3. The zero-order valence-electron chi connectivity index (χ0n) is 18.2. The molecule has 1 aliphatic heterocycles. The van der Waals surface area contributed by atoms with Crippen LogP contribution in [0.15, 0.2) is 49.1 Å². The van der Waals surface area contributed by atoms with E-state index in [0.29, 0.717) is 35.1 Å². The Bertz CT molecular complexity index is 1150. The topological polar surface area (TPSA) is 78.5 Å². The molecule has 0 bridgehead atoms. The molecule has 3 aromatic rings. The van der Waals surface area contributed by atoms with E-state index in [1.54, 1.807) is 18.2 Å². The van der Waals surface area contributed by atoms with Crippen molar-refractivity contribution in [1.82, 2.24) is 15.1 Å². The van der Waals surface area contributed by atoms with Crippen molar-refractivity contribution in [2.24, 2.45) is 0 Å². The molecule has 1 aromatic heterocycles. The van der Waals surface area contributed by atoms with E-state index in [4.69, 9.17) is 16.3 Å². The molecule has 2 heterocycles. The van der Waals surface area contributed by atoms with Crippen LogP contribution < -0.4 is 4.74 Å². The van der Waals surface area contributed by atoms with E-state index in [1.165, 1.54) is 0 Å². The Hall–Kier alpha value is -3.25. The normalized spacial score (nSPS) is 15.2. The number of nitrogens with zero attached hydrogens (tertiary/aromatic N) is 2. The van der Waals surface area contributed by atoms with Crippen molar-refractivity contribution in [1.29, 1.82) is 0 Å². The largest absolute Gasteiger partial charge is 0.507 e. The number of aromatic nitrogens is 2. The van der Waals surface area contributed by atoms with E-state index < -0.39 is 0 Å². The van der Waals surface area contributed by atoms with Gasteiger partial charge in [0.2, 0.25) is 0 Å². The average Bonchev–Trinajstić information content (AvgIpc) is 3.32. The van der Waals surface area contributed by atoms with E-state index in [9.17, 15) is 9.90 Å². The second kappa shape index (κ2) is 9.09. The summed E-state index contributed by atoms with van der Waals surface area (Å²) >= 11 is 6.34. The number of phenolic OH excluding ortho intramolecular Hbond substituents is 1. The summed E-state index contributed by atoms with van der Waals surface area (Å²) in [5.41, 5.74) is 3.94. The number of carbonyl (C=O) groups excluding carboxylic acids is 1. The minimum Gasteiger partial charge on any atom is -0.507 e. The standard InChI is InChI=1S/C25H26ClN3O3/c1-4-6-11-29-24(16-7-9-17(10-8-16)32-12-5-2)21-22(27-28-23(21)25(29)31)18-14-19(26)15(3)13-20(18)30/h5,7-10,13-14,24,30H,2,4,6,11-12H2,1,3H3,(H,27,28). The Balaban J connectivity index is 1.82. The van der Waals surface area contributed by atoms with Crippen molar-refractivity contribution in [3.8, 4) is 22.8 Å². The highest BCUT2D eigenvalue weighted by Crippen LogP contribution is 2.45. The maximum Gasteiger partial charge on any atom is 0.273 e. The molecule has 0 spiro atoms. The average molecular weight is 452 g/mol. The molecule has 1 unspecified atom stereocenters. The number of amides is 1. The summed E-state index contributed by atoms with van der Waals surface area (Å²) in [6, 6.07) is 10.7. The second-order valence-electron chi connectivity index (χ2n) is 7.90. The Kier molecular flexibility index (Phi) is 6.24. The highest BCUT2D eigenvalue weighted by atomic mass is 35.5. The number of fused-ring (bicyclic) bond motifs is 1. The molecule has 1 amide bonds. The van der Waals surface area contributed by atoms with Gasteiger partial charge in [0.05, 0.1) is 6.04 Å². The maximum atomic E-state index is 13.3. The molecule has 0 fully saturated rings. The predicted molar refractivity (Wildman–Crippen MR) is 125 cm³/mol. The van der Waals surface area contributed by atoms with Crippen molar-refractivity contribution in [2.45, 2.75) is 32.7 Å². The highest BCUT2D eigenvalue weighted by molar-refractivity contribution is 6.31. The van der Waals surface area contributed by atoms with Gasteiger partial charge in [-0.2, -0.15) is 5.10 Å². The van der Waals surface area contributed by atoms with Crippen molar-refractivity contribution >= 4 is 17.5 Å². The molecule has 1 aliphatic rings. The number of phenols is 1. The number of rotatable bonds is 8. The Labute approximate surface area is 192 Å². The lowest BCUT2D eigenvalue weighted by Gasteiger charge is -2.26. The molecule has 0 radical (unpaired) electrons. The molecule has 0 aliphatic carbocycles. The molecule has 6 nitrogen and oxygen atoms in total. The number of aryl methyl sites for hydroxylation is 1. The summed E-state index contributed by atoms with van der Waals surface area (Å²) in [6.07, 6.45) is 3.55. The lowest BCUT2D eigenvalue weighted by Crippen LogP contribution is -2.30. The van der Waals surface area contributed by atoms with Crippen molar-refractivity contribution < 1.29 is 14.6 Å². The van der Waals surface area contributed by atoms with Crippen LogP contribution in [0, 0.1) is 6.92 Å². The molecular weight excluding hydrogens is 426 g/mol. The summed E-state index contributed by atoms with van der Waals surface area (Å²) in [5.74, 6) is 0.711. The van der Waals surface area contributed by atoms with Gasteiger partial charge in [-0.1, -0.05) is 49.7 Å². The van der Waals surface area contributed by atoms with Gasteiger partial charge in [-0.15, -0.1) is 0 Å². The van der Waals surface area contributed by atoms with Crippen LogP contribution in [0.1, 0.15) is 53.0 Å². The lowest BCUT2D eigenvalue weighted by atomic mass is 9.95. The number of unbranched alkanes of at least 4 members (excludes halogenated alkanes) is 1. The summed E-state index contributed by atoms with van der Waals surface area (Å²) in [6.45, 7) is 8.64. The molecule has 2 N–H and O–H groups in total. The number of nitrogens with one attached hydrogen (secondary N) is 1. The van der Waals surface area contributed by atoms with Crippen LogP contribution in [0.25, 0.3) is 11.3 Å². The summed E-state index contributed by atoms with van der Waals surface area (Å²) in [5, 5.41) is 18.5. The molecular formula is C25H26ClN3O3. The van der Waals surface area contributed by atoms with Gasteiger partial charge in [0.15, 0.2) is 0 Å². The number of hydrogen-bond donors (Lipinski definition) is 2. The molecule has 1 atom stereocenters. The Morgan fingerprint density at radius 2 is 2.06 bits per heavy atom. The third-order valence-electron chi connectivity index (χ3n) is 5.71. The van der Waals surface area contributed by atoms with E-state index >= 15 is 0 Å². The van der Waals surface area contributed by atoms with Gasteiger partial charge in [0, 0.05) is 22.7 Å². The van der Waals surface area contributed by atoms with Gasteiger partial charge in [0.1, 0.15) is 29.5 Å². The summed E-state index contributed by atoms with van der Waals surface area (Å²) in [4.78, 5) is 15.1. The van der Waals surface area contributed by atoms with Crippen LogP contribution in [0.2, 0.25) is 5.02 Å². The molecule has 32 heavy (non-hydrogen) atoms. The zero-order valence-corrected chi connectivity index (χ0v) is 18.9. The molecule has 166 valence electrons. The second-order valence-corrected chi connectivity index (χ2v) is 8.31. The molecule has 7 heteroatoms. The zero-order chi connectivity index (χ0) is 22.8. The molecule has 2 aromatic carbocycles. The van der Waals surface area contributed by atoms with Gasteiger partial charge in [0.25, 0.3) is 5.91 Å². The minimum absolute atomic E-state index is 0.0765. The number of aromatic amines is 1. The van der Waals surface area contributed by atoms with Crippen LogP contribution in [-0.4, -0.2) is 39.3 Å². The number of ether oxygens (including phenoxy) is 1. The van der Waals surface area contributed by atoms with Crippen molar-refractivity contribution in [2.75, 3.05) is 13.2 Å². The smallest absolute Gasteiger partial charge is 0.273 e. The van der Waals surface area contributed by atoms with Crippen LogP contribution >= 0.6 is 11.6 Å². The van der Waals surface area contributed by atoms with Gasteiger partial charge in [-0.3, -0.25) is 9.89 Å². The summed E-state index contributed by atoms with van der Waals surface area (Å²) in [7, 11) is 0. The van der Waals surface area contributed by atoms with E-state index in [1.807, 2.05) is 36.1 Å². The Morgan fingerprint density at radius 3 is 2.75 bits per heavy atom. The number of benzene rings is 2. The van der Waals surface area contributed by atoms with Crippen LogP contribution in [-0.2, 0) is 0 Å². The number of carbonyl (C=O) groups is 1. The van der Waals surface area contributed by atoms with Crippen molar-refractivity contribution in [3.63, 3.8) is 0 Å². The third kappa shape index (κ3) is 3.86. The van der Waals surface area contributed by atoms with E-state index in [0.717, 1.165) is 35.3 Å². The van der Waals surface area contributed by atoms with Gasteiger partial charge in [-0.05, 0) is 48.7 Å². The first-order chi connectivity index (χ1) is 15.5. The molecule has 4 rings (SSSR count). The van der Waals surface area contributed by atoms with Gasteiger partial charge < -0.3 is 14.7 Å². The number of hydrogen-bond acceptors (Lipinski definition) is 4. The molecule has 0 saturated carbocycles. The Morgan fingerprint density at radius 1 is 1.31 bits per heavy atom. The van der Waals surface area contributed by atoms with Gasteiger partial charge >= 0.3 is 0 Å². The number of H-pyrrole nitrogens is 1. The monoisotopic (exact) mass is 451 g/mol. The minimum atomic E-state index is -0.328. The predicted octanol–water partition coefficient (Wildman–Crippen LogP) is 5.65. The van der Waals surface area contributed by atoms with Gasteiger partial charge in [-0.25, -0.2) is 0 Å². The summed E-state index contributed by atoms with van der Waals surface area (Å²) < 4.78 is 5.61. The number of aromatic hydroxyl groups is 1. The SMILES string of the molecule is C=CCOc1ccc(C2c3c(-c4cc(Cl)c(C)cc4O)n[nH]c3C(=O)N2CCCC)cc1. The highest BCUT2D eigenvalue weighted by Gasteiger charge is 2.42. The fourth-order valence-electron chi connectivity index (χ4n) is 4.07.